The zero-order chi connectivity index (χ0) is 17.6. The molecule has 0 spiro atoms. The van der Waals surface area contributed by atoms with E-state index in [0.29, 0.717) is 12.3 Å². The molecule has 4 nitrogen and oxygen atoms in total. The number of ether oxygens (including phenoxy) is 1. The van der Waals surface area contributed by atoms with Crippen LogP contribution in [0.3, 0.4) is 0 Å². The van der Waals surface area contributed by atoms with Crippen LogP contribution < -0.4 is 5.32 Å². The maximum atomic E-state index is 11.7. The first-order chi connectivity index (χ1) is 11.4. The summed E-state index contributed by atoms with van der Waals surface area (Å²) in [4.78, 5) is 11.7. The van der Waals surface area contributed by atoms with Crippen molar-refractivity contribution in [2.45, 2.75) is 39.0 Å². The lowest BCUT2D eigenvalue weighted by molar-refractivity contribution is 0.160. The van der Waals surface area contributed by atoms with Crippen molar-refractivity contribution in [2.24, 2.45) is 0 Å². The highest BCUT2D eigenvalue weighted by atomic mass is 16.5. The molecule has 2 rings (SSSR count). The number of nitrogens with one attached hydrogen (secondary N) is 1. The Kier molecular flexibility index (Phi) is 5.85. The van der Waals surface area contributed by atoms with Crippen LogP contribution in [0.25, 0.3) is 0 Å². The fourth-order valence-electron chi connectivity index (χ4n) is 2.48. The Morgan fingerprint density at radius 2 is 1.58 bits per heavy atom. The van der Waals surface area contributed by atoms with Crippen molar-refractivity contribution in [3.05, 3.63) is 59.7 Å². The Labute approximate surface area is 143 Å². The molecule has 0 aliphatic rings. The van der Waals surface area contributed by atoms with Crippen LogP contribution in [0.1, 0.15) is 44.7 Å². The van der Waals surface area contributed by atoms with Gasteiger partial charge in [0.05, 0.1) is 6.61 Å². The van der Waals surface area contributed by atoms with E-state index in [4.69, 9.17) is 4.74 Å². The largest absolute Gasteiger partial charge is 0.508 e. The number of rotatable bonds is 6. The van der Waals surface area contributed by atoms with Crippen LogP contribution in [0.4, 0.5) is 10.5 Å². The van der Waals surface area contributed by atoms with Crippen molar-refractivity contribution in [1.29, 1.82) is 0 Å². The zero-order valence-corrected chi connectivity index (χ0v) is 14.5. The highest BCUT2D eigenvalue weighted by molar-refractivity contribution is 5.84. The van der Waals surface area contributed by atoms with Gasteiger partial charge in [0.2, 0.25) is 0 Å². The van der Waals surface area contributed by atoms with Crippen LogP contribution in [0.2, 0.25) is 0 Å². The van der Waals surface area contributed by atoms with Crippen molar-refractivity contribution in [3.63, 3.8) is 0 Å². The van der Waals surface area contributed by atoms with Gasteiger partial charge in [-0.25, -0.2) is 4.79 Å². The number of unbranched alkanes of at least 4 members (excludes halogenated alkanes) is 1. The number of benzene rings is 2. The molecule has 0 aliphatic carbocycles. The molecule has 0 saturated heterocycles. The summed E-state index contributed by atoms with van der Waals surface area (Å²) in [7, 11) is 0. The summed E-state index contributed by atoms with van der Waals surface area (Å²) < 4.78 is 5.09. The standard InChI is InChI=1S/C20H25NO3/c1-4-5-14-24-19(23)21-17-10-6-15(7-11-17)20(2,3)16-8-12-18(22)13-9-16/h6-13,22H,4-5,14H2,1-3H3,(H,21,23). The molecule has 1 amide bonds. The average molecular weight is 327 g/mol. The van der Waals surface area contributed by atoms with E-state index in [0.717, 1.165) is 24.0 Å². The van der Waals surface area contributed by atoms with Crippen molar-refractivity contribution in [2.75, 3.05) is 11.9 Å². The van der Waals surface area contributed by atoms with Gasteiger partial charge in [-0.15, -0.1) is 0 Å². The van der Waals surface area contributed by atoms with E-state index in [1.165, 1.54) is 0 Å². The number of amides is 1. The van der Waals surface area contributed by atoms with Gasteiger partial charge in [0, 0.05) is 11.1 Å². The predicted molar refractivity (Wildman–Crippen MR) is 96.6 cm³/mol. The summed E-state index contributed by atoms with van der Waals surface area (Å²) in [5.74, 6) is 0.260. The third kappa shape index (κ3) is 4.51. The molecule has 0 heterocycles. The van der Waals surface area contributed by atoms with Gasteiger partial charge in [-0.3, -0.25) is 5.32 Å². The van der Waals surface area contributed by atoms with Gasteiger partial charge in [0.1, 0.15) is 5.75 Å². The minimum atomic E-state index is -0.422. The third-order valence-corrected chi connectivity index (χ3v) is 4.17. The Morgan fingerprint density at radius 1 is 1.04 bits per heavy atom. The molecule has 0 aliphatic heterocycles. The van der Waals surface area contributed by atoms with Crippen LogP contribution in [0, 0.1) is 0 Å². The van der Waals surface area contributed by atoms with Crippen molar-refractivity contribution >= 4 is 11.8 Å². The second-order valence-electron chi connectivity index (χ2n) is 6.36. The van der Waals surface area contributed by atoms with E-state index in [9.17, 15) is 9.90 Å². The lowest BCUT2D eigenvalue weighted by Crippen LogP contribution is -2.19. The Hall–Kier alpha value is -2.49. The van der Waals surface area contributed by atoms with E-state index in [2.05, 4.69) is 26.1 Å². The maximum absolute atomic E-state index is 11.7. The molecule has 0 unspecified atom stereocenters. The van der Waals surface area contributed by atoms with Crippen LogP contribution in [-0.4, -0.2) is 17.8 Å². The minimum Gasteiger partial charge on any atom is -0.508 e. The number of phenols is 1. The molecule has 0 saturated carbocycles. The molecule has 24 heavy (non-hydrogen) atoms. The van der Waals surface area contributed by atoms with Crippen LogP contribution in [-0.2, 0) is 10.2 Å². The molecule has 0 aromatic heterocycles. The SMILES string of the molecule is CCCCOC(=O)Nc1ccc(C(C)(C)c2ccc(O)cc2)cc1. The highest BCUT2D eigenvalue weighted by Gasteiger charge is 2.23. The summed E-state index contributed by atoms with van der Waals surface area (Å²) in [5, 5.41) is 12.2. The van der Waals surface area contributed by atoms with Gasteiger partial charge >= 0.3 is 6.09 Å². The van der Waals surface area contributed by atoms with Gasteiger partial charge in [-0.05, 0) is 41.8 Å². The first-order valence-corrected chi connectivity index (χ1v) is 8.27. The number of hydrogen-bond donors (Lipinski definition) is 2. The quantitative estimate of drug-likeness (QED) is 0.729. The van der Waals surface area contributed by atoms with Gasteiger partial charge in [0.25, 0.3) is 0 Å². The maximum Gasteiger partial charge on any atom is 0.411 e. The van der Waals surface area contributed by atoms with E-state index in [-0.39, 0.29) is 11.2 Å². The van der Waals surface area contributed by atoms with Gasteiger partial charge < -0.3 is 9.84 Å². The molecule has 0 fully saturated rings. The molecular weight excluding hydrogens is 302 g/mol. The number of aromatic hydroxyl groups is 1. The first kappa shape index (κ1) is 17.9. The Bertz CT molecular complexity index is 660. The molecule has 2 aromatic carbocycles. The smallest absolute Gasteiger partial charge is 0.411 e. The van der Waals surface area contributed by atoms with Crippen LogP contribution >= 0.6 is 0 Å². The third-order valence-electron chi connectivity index (χ3n) is 4.17. The highest BCUT2D eigenvalue weighted by Crippen LogP contribution is 2.32. The minimum absolute atomic E-state index is 0.201. The van der Waals surface area contributed by atoms with E-state index in [1.807, 2.05) is 36.4 Å². The second-order valence-corrected chi connectivity index (χ2v) is 6.36. The molecule has 2 N–H and O–H groups in total. The summed E-state index contributed by atoms with van der Waals surface area (Å²) in [5.41, 5.74) is 2.74. The van der Waals surface area contributed by atoms with Crippen LogP contribution in [0.15, 0.2) is 48.5 Å². The fraction of sp³-hybridized carbons (Fsp3) is 0.350. The number of carbonyl (C=O) groups excluding carboxylic acids is 1. The molecule has 128 valence electrons. The van der Waals surface area contributed by atoms with Crippen LogP contribution in [0.5, 0.6) is 5.75 Å². The average Bonchev–Trinajstić information content (AvgIpc) is 2.56. The second kappa shape index (κ2) is 7.86. The number of anilines is 1. The summed E-state index contributed by atoms with van der Waals surface area (Å²) in [6.07, 6.45) is 1.44. The van der Waals surface area contributed by atoms with Crippen molar-refractivity contribution < 1.29 is 14.6 Å². The summed E-state index contributed by atoms with van der Waals surface area (Å²) >= 11 is 0. The first-order valence-electron chi connectivity index (χ1n) is 8.27. The molecule has 2 aromatic rings. The molecule has 4 heteroatoms. The zero-order valence-electron chi connectivity index (χ0n) is 14.5. The van der Waals surface area contributed by atoms with E-state index >= 15 is 0 Å². The predicted octanol–water partition coefficient (Wildman–Crippen LogP) is 5.07. The Morgan fingerprint density at radius 3 is 2.12 bits per heavy atom. The monoisotopic (exact) mass is 327 g/mol. The fourth-order valence-corrected chi connectivity index (χ4v) is 2.48. The van der Waals surface area contributed by atoms with Gasteiger partial charge in [-0.2, -0.15) is 0 Å². The topological polar surface area (TPSA) is 58.6 Å². The Balaban J connectivity index is 2.05. The molecule has 0 radical (unpaired) electrons. The lowest BCUT2D eigenvalue weighted by Gasteiger charge is -2.26. The molecular formula is C20H25NO3. The lowest BCUT2D eigenvalue weighted by atomic mass is 9.78. The summed E-state index contributed by atoms with van der Waals surface area (Å²) in [6.45, 7) is 6.74. The van der Waals surface area contributed by atoms with Crippen molar-refractivity contribution in [3.8, 4) is 5.75 Å². The van der Waals surface area contributed by atoms with Crippen molar-refractivity contribution in [1.82, 2.24) is 0 Å². The number of hydrogen-bond acceptors (Lipinski definition) is 3. The molecule has 0 bridgehead atoms. The molecule has 0 atom stereocenters. The van der Waals surface area contributed by atoms with E-state index in [1.54, 1.807) is 12.1 Å². The number of phenolic OH excluding ortho intramolecular Hbond substituents is 1. The van der Waals surface area contributed by atoms with Gasteiger partial charge in [-0.1, -0.05) is 51.5 Å². The van der Waals surface area contributed by atoms with E-state index < -0.39 is 6.09 Å². The summed E-state index contributed by atoms with van der Waals surface area (Å²) in [6, 6.07) is 15.0. The van der Waals surface area contributed by atoms with Gasteiger partial charge in [0.15, 0.2) is 0 Å². The number of carbonyl (C=O) groups is 1. The normalized spacial score (nSPS) is 11.1.